The van der Waals surface area contributed by atoms with Crippen LogP contribution in [-0.4, -0.2) is 19.0 Å². The van der Waals surface area contributed by atoms with Gasteiger partial charge in [0.2, 0.25) is 5.79 Å². The maximum atomic E-state index is 6.31. The highest BCUT2D eigenvalue weighted by Gasteiger charge is 2.37. The van der Waals surface area contributed by atoms with Crippen LogP contribution in [0.1, 0.15) is 125 Å². The van der Waals surface area contributed by atoms with Crippen molar-refractivity contribution in [1.82, 2.24) is 0 Å². The van der Waals surface area contributed by atoms with E-state index in [9.17, 15) is 0 Å². The molecule has 0 heterocycles. The Balaban J connectivity index is 0.00000301. The van der Waals surface area contributed by atoms with Crippen molar-refractivity contribution < 1.29 is 19.2 Å². The quantitative estimate of drug-likeness (QED) is 0.0822. The Morgan fingerprint density at radius 1 is 0.595 bits per heavy atom. The third-order valence-corrected chi connectivity index (χ3v) is 7.84. The maximum Gasteiger partial charge on any atom is 0.213 e. The van der Waals surface area contributed by atoms with Gasteiger partial charge in [-0.1, -0.05) is 99.9 Å². The van der Waals surface area contributed by atoms with Gasteiger partial charge in [-0.05, 0) is 82.7 Å². The number of ether oxygens (including phenoxy) is 2. The first-order valence-electron chi connectivity index (χ1n) is 15.8. The zero-order chi connectivity index (χ0) is 31.7. The van der Waals surface area contributed by atoms with Gasteiger partial charge in [-0.25, -0.2) is 0 Å². The topological polar surface area (TPSA) is 36.9 Å². The summed E-state index contributed by atoms with van der Waals surface area (Å²) in [6, 6.07) is 16.8. The van der Waals surface area contributed by atoms with Crippen molar-refractivity contribution >= 4 is 0 Å². The average molecular weight is 581 g/mol. The van der Waals surface area contributed by atoms with E-state index in [0.29, 0.717) is 19.0 Å². The van der Waals surface area contributed by atoms with Crippen LogP contribution in [0.15, 0.2) is 61.7 Å². The minimum Gasteiger partial charge on any atom is -0.491 e. The van der Waals surface area contributed by atoms with Gasteiger partial charge in [-0.2, -0.15) is 4.89 Å². The molecular formula is C38H60O4. The molecule has 0 aliphatic heterocycles. The van der Waals surface area contributed by atoms with Gasteiger partial charge in [-0.15, -0.1) is 13.2 Å². The summed E-state index contributed by atoms with van der Waals surface area (Å²) in [6.07, 6.45) is 7.20. The van der Waals surface area contributed by atoms with Crippen molar-refractivity contribution in [1.29, 1.82) is 0 Å². The summed E-state index contributed by atoms with van der Waals surface area (Å²) in [4.78, 5) is 11.9. The Kier molecular flexibility index (Phi) is 12.8. The molecule has 1 aliphatic rings. The van der Waals surface area contributed by atoms with Crippen molar-refractivity contribution in [2.45, 2.75) is 131 Å². The minimum absolute atomic E-state index is 0.0916. The molecule has 0 saturated heterocycles. The van der Waals surface area contributed by atoms with E-state index in [1.807, 2.05) is 12.1 Å². The van der Waals surface area contributed by atoms with Crippen molar-refractivity contribution in [2.75, 3.05) is 13.2 Å². The number of hydrogen-bond acceptors (Lipinski definition) is 4. The first-order valence-corrected chi connectivity index (χ1v) is 15.8. The van der Waals surface area contributed by atoms with E-state index in [4.69, 9.17) is 19.2 Å². The van der Waals surface area contributed by atoms with E-state index in [1.54, 1.807) is 0 Å². The van der Waals surface area contributed by atoms with Crippen LogP contribution < -0.4 is 9.62 Å². The third kappa shape index (κ3) is 11.8. The molecule has 1 aliphatic carbocycles. The summed E-state index contributed by atoms with van der Waals surface area (Å²) in [5.74, 6) is 0.838. The normalized spacial score (nSPS) is 15.9. The summed E-state index contributed by atoms with van der Waals surface area (Å²) in [5, 5.41) is 0. The Morgan fingerprint density at radius 3 is 1.45 bits per heavy atom. The van der Waals surface area contributed by atoms with Crippen LogP contribution in [0.4, 0.5) is 0 Å². The van der Waals surface area contributed by atoms with Gasteiger partial charge in [0, 0.05) is 12.8 Å². The molecule has 1 saturated carbocycles. The Bertz CT molecular complexity index is 1050. The smallest absolute Gasteiger partial charge is 0.213 e. The highest BCUT2D eigenvalue weighted by atomic mass is 17.2. The van der Waals surface area contributed by atoms with Crippen LogP contribution >= 0.6 is 0 Å². The van der Waals surface area contributed by atoms with Gasteiger partial charge in [0.05, 0.1) is 6.61 Å². The van der Waals surface area contributed by atoms with Crippen LogP contribution in [0.2, 0.25) is 0 Å². The van der Waals surface area contributed by atoms with Gasteiger partial charge in [0.1, 0.15) is 12.4 Å². The third-order valence-electron chi connectivity index (χ3n) is 7.84. The molecule has 0 atom stereocenters. The molecular weight excluding hydrogens is 520 g/mol. The first kappa shape index (κ1) is 35.9. The number of benzene rings is 2. The summed E-state index contributed by atoms with van der Waals surface area (Å²) < 4.78 is 12.3. The van der Waals surface area contributed by atoms with E-state index in [1.165, 1.54) is 17.5 Å². The fourth-order valence-electron chi connectivity index (χ4n) is 6.67. The van der Waals surface area contributed by atoms with Crippen LogP contribution in [0.5, 0.6) is 11.5 Å². The summed E-state index contributed by atoms with van der Waals surface area (Å²) in [5.41, 5.74) is 3.40. The summed E-state index contributed by atoms with van der Waals surface area (Å²) >= 11 is 0. The van der Waals surface area contributed by atoms with Gasteiger partial charge in [-0.3, -0.25) is 0 Å². The lowest BCUT2D eigenvalue weighted by atomic mass is 9.72. The Morgan fingerprint density at radius 2 is 1.02 bits per heavy atom. The van der Waals surface area contributed by atoms with Crippen LogP contribution in [0, 0.1) is 10.8 Å². The molecule has 0 radical (unpaired) electrons. The molecule has 0 spiro atoms. The zero-order valence-corrected chi connectivity index (χ0v) is 28.5. The van der Waals surface area contributed by atoms with Crippen LogP contribution in [0.3, 0.4) is 0 Å². The molecule has 0 amide bonds. The van der Waals surface area contributed by atoms with Crippen LogP contribution in [0.25, 0.3) is 0 Å². The van der Waals surface area contributed by atoms with Gasteiger partial charge >= 0.3 is 0 Å². The SMILES string of the molecule is C=C.CC(C)(C)CC(C)(C)c1ccc(OCCOC2(OOc3ccc(C(C)(C)CC(C)(C)C)cc3)CCCCC2)cc1. The summed E-state index contributed by atoms with van der Waals surface area (Å²) in [6.45, 7) is 29.9. The van der Waals surface area contributed by atoms with Gasteiger partial charge < -0.3 is 14.4 Å². The monoisotopic (exact) mass is 580 g/mol. The lowest BCUT2D eigenvalue weighted by Crippen LogP contribution is -2.40. The number of rotatable bonds is 12. The predicted octanol–water partition coefficient (Wildman–Crippen LogP) is 11.0. The second-order valence-electron chi connectivity index (χ2n) is 15.6. The fourth-order valence-corrected chi connectivity index (χ4v) is 6.67. The molecule has 0 N–H and O–H groups in total. The fraction of sp³-hybridized carbons (Fsp3) is 0.632. The van der Waals surface area contributed by atoms with E-state index in [2.05, 4.69) is 119 Å². The van der Waals surface area contributed by atoms with Crippen LogP contribution in [-0.2, 0) is 20.5 Å². The highest BCUT2D eigenvalue weighted by Crippen LogP contribution is 2.38. The molecule has 2 aromatic carbocycles. The van der Waals surface area contributed by atoms with E-state index < -0.39 is 5.79 Å². The maximum absolute atomic E-state index is 6.31. The van der Waals surface area contributed by atoms with Crippen molar-refractivity contribution in [3.05, 3.63) is 72.8 Å². The molecule has 4 heteroatoms. The molecule has 236 valence electrons. The molecule has 0 bridgehead atoms. The average Bonchev–Trinajstić information content (AvgIpc) is 2.90. The van der Waals surface area contributed by atoms with E-state index in [-0.39, 0.29) is 21.7 Å². The standard InChI is InChI=1S/C36H56O4.C2H4/c1-32(2,3)26-34(7,8)28-14-18-30(19-15-28)37-24-25-38-36(22-12-11-13-23-36)40-39-31-20-16-29(17-21-31)35(9,10)27-33(4,5)6;1-2/h14-21H,11-13,22-27H2,1-10H3;1-2H2. The Hall–Kier alpha value is -2.30. The molecule has 2 aromatic rings. The molecule has 1 fully saturated rings. The molecule has 4 nitrogen and oxygen atoms in total. The lowest BCUT2D eigenvalue weighted by molar-refractivity contribution is -0.389. The van der Waals surface area contributed by atoms with Crippen molar-refractivity contribution in [3.8, 4) is 11.5 Å². The largest absolute Gasteiger partial charge is 0.491 e. The molecule has 0 unspecified atom stereocenters. The molecule has 42 heavy (non-hydrogen) atoms. The lowest BCUT2D eigenvalue weighted by Gasteiger charge is -2.35. The second kappa shape index (κ2) is 14.9. The van der Waals surface area contributed by atoms with E-state index in [0.717, 1.165) is 44.3 Å². The highest BCUT2D eigenvalue weighted by molar-refractivity contribution is 5.32. The van der Waals surface area contributed by atoms with Gasteiger partial charge in [0.25, 0.3) is 0 Å². The molecule has 0 aromatic heterocycles. The van der Waals surface area contributed by atoms with Crippen molar-refractivity contribution in [2.24, 2.45) is 10.8 Å². The predicted molar refractivity (Wildman–Crippen MR) is 177 cm³/mol. The van der Waals surface area contributed by atoms with Crippen molar-refractivity contribution in [3.63, 3.8) is 0 Å². The minimum atomic E-state index is -0.730. The van der Waals surface area contributed by atoms with Gasteiger partial charge in [0.15, 0.2) is 5.75 Å². The second-order valence-corrected chi connectivity index (χ2v) is 15.6. The first-order chi connectivity index (χ1) is 19.5. The van der Waals surface area contributed by atoms with E-state index >= 15 is 0 Å². The number of hydrogen-bond donors (Lipinski definition) is 0. The summed E-state index contributed by atoms with van der Waals surface area (Å²) in [7, 11) is 0. The molecule has 3 rings (SSSR count). The Labute approximate surface area is 258 Å². The zero-order valence-electron chi connectivity index (χ0n) is 28.5.